The molecule has 1 fully saturated rings. The normalized spacial score (nSPS) is 18.3. The standard InChI is InChI=1S/C12H9F2N5OS/c13-7-2-8(14)11-9(3-7)21-12(17-11)19-5-6(1-10(19)20)4-16-18-15/h2-3,6H,1,4-5H2. The highest BCUT2D eigenvalue weighted by molar-refractivity contribution is 7.22. The third-order valence-corrected chi connectivity index (χ3v) is 4.27. The molecule has 0 radical (unpaired) electrons. The van der Waals surface area contributed by atoms with Crippen LogP contribution in [0.5, 0.6) is 0 Å². The molecule has 1 saturated heterocycles. The molecule has 2 aromatic rings. The largest absolute Gasteiger partial charge is 0.288 e. The zero-order chi connectivity index (χ0) is 15.0. The van der Waals surface area contributed by atoms with Gasteiger partial charge in [-0.3, -0.25) is 9.69 Å². The summed E-state index contributed by atoms with van der Waals surface area (Å²) in [5, 5.41) is 3.80. The van der Waals surface area contributed by atoms with Gasteiger partial charge >= 0.3 is 0 Å². The van der Waals surface area contributed by atoms with Crippen molar-refractivity contribution >= 4 is 32.6 Å². The first-order valence-electron chi connectivity index (χ1n) is 6.15. The quantitative estimate of drug-likeness (QED) is 0.495. The Bertz CT molecular complexity index is 770. The molecule has 1 aliphatic heterocycles. The number of azide groups is 1. The second kappa shape index (κ2) is 5.27. The molecular formula is C12H9F2N5OS. The van der Waals surface area contributed by atoms with Gasteiger partial charge in [-0.15, -0.1) is 0 Å². The molecule has 3 rings (SSSR count). The average molecular weight is 309 g/mol. The lowest BCUT2D eigenvalue weighted by molar-refractivity contribution is -0.117. The van der Waals surface area contributed by atoms with E-state index in [1.54, 1.807) is 0 Å². The van der Waals surface area contributed by atoms with Crippen LogP contribution in [0.25, 0.3) is 20.7 Å². The van der Waals surface area contributed by atoms with Crippen molar-refractivity contribution in [2.75, 3.05) is 18.0 Å². The minimum atomic E-state index is -0.746. The molecule has 21 heavy (non-hydrogen) atoms. The SMILES string of the molecule is [N-]=[N+]=NCC1CC(=O)N(c2nc3c(F)cc(F)cc3s2)C1. The molecule has 108 valence electrons. The Balaban J connectivity index is 1.92. The molecule has 6 nitrogen and oxygen atoms in total. The van der Waals surface area contributed by atoms with E-state index in [1.165, 1.54) is 11.0 Å². The lowest BCUT2D eigenvalue weighted by atomic mass is 10.1. The summed E-state index contributed by atoms with van der Waals surface area (Å²) in [6.45, 7) is 0.592. The third-order valence-electron chi connectivity index (χ3n) is 3.24. The van der Waals surface area contributed by atoms with E-state index in [1.807, 2.05) is 0 Å². The highest BCUT2D eigenvalue weighted by atomic mass is 32.1. The third kappa shape index (κ3) is 2.53. The Kier molecular flexibility index (Phi) is 3.44. The Morgan fingerprint density at radius 1 is 1.52 bits per heavy atom. The fraction of sp³-hybridized carbons (Fsp3) is 0.333. The monoisotopic (exact) mass is 309 g/mol. The second-order valence-electron chi connectivity index (χ2n) is 4.72. The van der Waals surface area contributed by atoms with Crippen molar-refractivity contribution < 1.29 is 13.6 Å². The lowest BCUT2D eigenvalue weighted by Gasteiger charge is -2.11. The van der Waals surface area contributed by atoms with Crippen molar-refractivity contribution in [2.24, 2.45) is 11.0 Å². The van der Waals surface area contributed by atoms with E-state index in [0.717, 1.165) is 17.4 Å². The van der Waals surface area contributed by atoms with E-state index >= 15 is 0 Å². The average Bonchev–Trinajstić information content (AvgIpc) is 2.99. The summed E-state index contributed by atoms with van der Waals surface area (Å²) >= 11 is 1.06. The van der Waals surface area contributed by atoms with Crippen LogP contribution in [0.1, 0.15) is 6.42 Å². The van der Waals surface area contributed by atoms with Gasteiger partial charge in [0.15, 0.2) is 10.9 Å². The molecule has 0 N–H and O–H groups in total. The number of halogens is 2. The zero-order valence-corrected chi connectivity index (χ0v) is 11.5. The van der Waals surface area contributed by atoms with Crippen LogP contribution in [-0.4, -0.2) is 24.0 Å². The van der Waals surface area contributed by atoms with Gasteiger partial charge in [-0.1, -0.05) is 16.5 Å². The van der Waals surface area contributed by atoms with Gasteiger partial charge in [-0.05, 0) is 17.5 Å². The van der Waals surface area contributed by atoms with Gasteiger partial charge in [0.25, 0.3) is 0 Å². The number of benzene rings is 1. The summed E-state index contributed by atoms with van der Waals surface area (Å²) in [6.07, 6.45) is 0.256. The van der Waals surface area contributed by atoms with Gasteiger partial charge in [0.1, 0.15) is 11.3 Å². The number of carbonyl (C=O) groups excluding carboxylic acids is 1. The molecule has 1 aromatic heterocycles. The van der Waals surface area contributed by atoms with E-state index in [4.69, 9.17) is 5.53 Å². The Morgan fingerprint density at radius 2 is 2.33 bits per heavy atom. The Morgan fingerprint density at radius 3 is 3.10 bits per heavy atom. The molecule has 2 heterocycles. The molecule has 0 spiro atoms. The number of hydrogen-bond donors (Lipinski definition) is 0. The first-order chi connectivity index (χ1) is 10.1. The molecular weight excluding hydrogens is 300 g/mol. The number of aromatic nitrogens is 1. The maximum atomic E-state index is 13.6. The molecule has 1 amide bonds. The van der Waals surface area contributed by atoms with Gasteiger partial charge in [-0.2, -0.15) is 0 Å². The molecule has 1 aliphatic rings. The predicted molar refractivity (Wildman–Crippen MR) is 74.0 cm³/mol. The number of thiazole rings is 1. The summed E-state index contributed by atoms with van der Waals surface area (Å²) in [4.78, 5) is 20.1. The van der Waals surface area contributed by atoms with Gasteiger partial charge in [0.05, 0.1) is 4.70 Å². The smallest absolute Gasteiger partial charge is 0.229 e. The summed E-state index contributed by atoms with van der Waals surface area (Å²) in [5.74, 6) is -1.66. The summed E-state index contributed by atoms with van der Waals surface area (Å²) < 4.78 is 27.2. The highest BCUT2D eigenvalue weighted by Gasteiger charge is 2.32. The second-order valence-corrected chi connectivity index (χ2v) is 5.73. The number of nitrogens with zero attached hydrogens (tertiary/aromatic N) is 5. The number of anilines is 1. The van der Waals surface area contributed by atoms with Crippen molar-refractivity contribution in [2.45, 2.75) is 6.42 Å². The van der Waals surface area contributed by atoms with Gasteiger partial charge in [0.2, 0.25) is 5.91 Å². The van der Waals surface area contributed by atoms with Crippen molar-refractivity contribution in [3.8, 4) is 0 Å². The topological polar surface area (TPSA) is 82.0 Å². The number of amides is 1. The number of carbonyl (C=O) groups is 1. The highest BCUT2D eigenvalue weighted by Crippen LogP contribution is 2.34. The van der Waals surface area contributed by atoms with Gasteiger partial charge < -0.3 is 0 Å². The predicted octanol–water partition coefficient (Wildman–Crippen LogP) is 3.24. The fourth-order valence-electron chi connectivity index (χ4n) is 2.30. The van der Waals surface area contributed by atoms with Crippen LogP contribution in [-0.2, 0) is 4.79 Å². The van der Waals surface area contributed by atoms with Crippen molar-refractivity contribution in [1.82, 2.24) is 4.98 Å². The molecule has 9 heteroatoms. The van der Waals surface area contributed by atoms with Crippen LogP contribution < -0.4 is 4.90 Å². The number of hydrogen-bond acceptors (Lipinski definition) is 4. The fourth-order valence-corrected chi connectivity index (χ4v) is 3.33. The van der Waals surface area contributed by atoms with E-state index < -0.39 is 11.6 Å². The van der Waals surface area contributed by atoms with E-state index in [2.05, 4.69) is 15.0 Å². The van der Waals surface area contributed by atoms with Crippen molar-refractivity contribution in [3.63, 3.8) is 0 Å². The minimum Gasteiger partial charge on any atom is -0.288 e. The minimum absolute atomic E-state index is 0.0581. The van der Waals surface area contributed by atoms with Crippen LogP contribution in [0.2, 0.25) is 0 Å². The first-order valence-corrected chi connectivity index (χ1v) is 6.97. The van der Waals surface area contributed by atoms with Crippen LogP contribution in [0.3, 0.4) is 0 Å². The van der Waals surface area contributed by atoms with Crippen LogP contribution in [0.4, 0.5) is 13.9 Å². The summed E-state index contributed by atoms with van der Waals surface area (Å²) in [5.41, 5.74) is 8.36. The van der Waals surface area contributed by atoms with E-state index in [9.17, 15) is 13.6 Å². The molecule has 0 bridgehead atoms. The van der Waals surface area contributed by atoms with Crippen LogP contribution in [0.15, 0.2) is 17.2 Å². The molecule has 0 saturated carbocycles. The molecule has 1 aromatic carbocycles. The molecule has 1 atom stereocenters. The first kappa shape index (κ1) is 13.7. The van der Waals surface area contributed by atoms with Crippen molar-refractivity contribution in [3.05, 3.63) is 34.2 Å². The Labute approximate surface area is 121 Å². The maximum absolute atomic E-state index is 13.6. The summed E-state index contributed by atoms with van der Waals surface area (Å²) in [6, 6.07) is 1.96. The molecule has 0 aliphatic carbocycles. The summed E-state index contributed by atoms with van der Waals surface area (Å²) in [7, 11) is 0. The maximum Gasteiger partial charge on any atom is 0.229 e. The van der Waals surface area contributed by atoms with Crippen LogP contribution >= 0.6 is 11.3 Å². The number of fused-ring (bicyclic) bond motifs is 1. The lowest BCUT2D eigenvalue weighted by Crippen LogP contribution is -2.24. The van der Waals surface area contributed by atoms with Gasteiger partial charge in [0, 0.05) is 30.5 Å². The Hall–Kier alpha value is -2.25. The van der Waals surface area contributed by atoms with E-state index in [0.29, 0.717) is 16.4 Å². The van der Waals surface area contributed by atoms with Gasteiger partial charge in [-0.25, -0.2) is 13.8 Å². The molecule has 1 unspecified atom stereocenters. The number of rotatable bonds is 3. The zero-order valence-electron chi connectivity index (χ0n) is 10.7. The van der Waals surface area contributed by atoms with Crippen molar-refractivity contribution in [1.29, 1.82) is 0 Å². The van der Waals surface area contributed by atoms with Crippen LogP contribution in [0, 0.1) is 17.6 Å². The van der Waals surface area contributed by atoms with E-state index in [-0.39, 0.29) is 30.3 Å².